The Labute approximate surface area is 136 Å². The first kappa shape index (κ1) is 16.1. The molecule has 0 radical (unpaired) electrons. The van der Waals surface area contributed by atoms with Gasteiger partial charge in [-0.2, -0.15) is 0 Å². The molecule has 0 bridgehead atoms. The van der Waals surface area contributed by atoms with Gasteiger partial charge in [0.15, 0.2) is 0 Å². The van der Waals surface area contributed by atoms with Gasteiger partial charge in [-0.1, -0.05) is 23.4 Å². The number of nitrogens with one attached hydrogen (secondary N) is 1. The lowest BCUT2D eigenvalue weighted by atomic mass is 10.2. The summed E-state index contributed by atoms with van der Waals surface area (Å²) in [4.78, 5) is 13.6. The Bertz CT molecular complexity index is 694. The fraction of sp³-hybridized carbons (Fsp3) is 0.267. The highest BCUT2D eigenvalue weighted by Crippen LogP contribution is 2.27. The van der Waals surface area contributed by atoms with Gasteiger partial charge in [-0.05, 0) is 29.3 Å². The Morgan fingerprint density at radius 2 is 2.29 bits per heavy atom. The van der Waals surface area contributed by atoms with E-state index in [1.54, 1.807) is 11.3 Å². The van der Waals surface area contributed by atoms with E-state index in [4.69, 9.17) is 16.7 Å². The van der Waals surface area contributed by atoms with Crippen LogP contribution in [-0.2, 0) is 6.54 Å². The quantitative estimate of drug-likeness (QED) is 0.838. The molecule has 21 heavy (non-hydrogen) atoms. The third kappa shape index (κ3) is 4.08. The fourth-order valence-corrected chi connectivity index (χ4v) is 3.59. The van der Waals surface area contributed by atoms with Gasteiger partial charge in [0, 0.05) is 16.9 Å². The number of aryl methyl sites for hydroxylation is 1. The lowest BCUT2D eigenvalue weighted by Crippen LogP contribution is -2.22. The summed E-state index contributed by atoms with van der Waals surface area (Å²) in [6, 6.07) is 1.92. The number of halogens is 1. The van der Waals surface area contributed by atoms with Crippen LogP contribution < -0.4 is 5.32 Å². The zero-order valence-corrected chi connectivity index (χ0v) is 13.8. The number of hydrogen-bond donors (Lipinski definition) is 2. The van der Waals surface area contributed by atoms with Crippen molar-refractivity contribution in [3.8, 4) is 11.8 Å². The molecule has 0 atom stereocenters. The van der Waals surface area contributed by atoms with Gasteiger partial charge < -0.3 is 10.4 Å². The van der Waals surface area contributed by atoms with E-state index in [2.05, 4.69) is 17.2 Å². The van der Waals surface area contributed by atoms with Gasteiger partial charge in [0.25, 0.3) is 5.91 Å². The summed E-state index contributed by atoms with van der Waals surface area (Å²) in [5.41, 5.74) is 1.81. The smallest absolute Gasteiger partial charge is 0.263 e. The van der Waals surface area contributed by atoms with E-state index in [-0.39, 0.29) is 12.5 Å². The standard InChI is InChI=1S/C15H14ClNO2S2/c1-10-9-21-14(13(10)16)15(19)17-8-12-11(5-7-20-12)4-2-3-6-18/h5,7,9,18H,3,6,8H2,1H3,(H,17,19). The van der Waals surface area contributed by atoms with Crippen LogP contribution in [0, 0.1) is 18.8 Å². The molecule has 6 heteroatoms. The van der Waals surface area contributed by atoms with E-state index in [9.17, 15) is 4.79 Å². The Kier molecular flexibility index (Phi) is 5.83. The molecule has 2 heterocycles. The number of carbonyl (C=O) groups excluding carboxylic acids is 1. The molecule has 0 saturated heterocycles. The van der Waals surface area contributed by atoms with Crippen molar-refractivity contribution < 1.29 is 9.90 Å². The van der Waals surface area contributed by atoms with Crippen molar-refractivity contribution in [2.24, 2.45) is 0 Å². The van der Waals surface area contributed by atoms with Crippen LogP contribution in [0.1, 0.15) is 32.1 Å². The average Bonchev–Trinajstić information content (AvgIpc) is 3.05. The first-order valence-electron chi connectivity index (χ1n) is 6.31. The fourth-order valence-electron chi connectivity index (χ4n) is 1.63. The van der Waals surface area contributed by atoms with Crippen molar-refractivity contribution in [1.29, 1.82) is 0 Å². The van der Waals surface area contributed by atoms with Gasteiger partial charge >= 0.3 is 0 Å². The first-order valence-corrected chi connectivity index (χ1v) is 8.45. The van der Waals surface area contributed by atoms with Crippen molar-refractivity contribution in [2.75, 3.05) is 6.61 Å². The van der Waals surface area contributed by atoms with Crippen LogP contribution >= 0.6 is 34.3 Å². The molecule has 0 saturated carbocycles. The summed E-state index contributed by atoms with van der Waals surface area (Å²) in [7, 11) is 0. The Balaban J connectivity index is 2.01. The third-order valence-corrected chi connectivity index (χ3v) is 5.34. The monoisotopic (exact) mass is 339 g/mol. The molecule has 0 aliphatic carbocycles. The van der Waals surface area contributed by atoms with Crippen LogP contribution in [0.2, 0.25) is 5.02 Å². The number of aliphatic hydroxyl groups is 1. The molecular formula is C15H14ClNO2S2. The number of rotatable bonds is 4. The molecule has 0 spiro atoms. The largest absolute Gasteiger partial charge is 0.395 e. The van der Waals surface area contributed by atoms with Crippen molar-refractivity contribution in [3.63, 3.8) is 0 Å². The maximum Gasteiger partial charge on any atom is 0.263 e. The SMILES string of the molecule is Cc1csc(C(=O)NCc2sccc2C#CCCO)c1Cl. The predicted molar refractivity (Wildman–Crippen MR) is 88.1 cm³/mol. The summed E-state index contributed by atoms with van der Waals surface area (Å²) < 4.78 is 0. The van der Waals surface area contributed by atoms with Gasteiger partial charge in [-0.3, -0.25) is 4.79 Å². The van der Waals surface area contributed by atoms with Crippen LogP contribution in [0.25, 0.3) is 0 Å². The first-order chi connectivity index (χ1) is 10.1. The molecule has 1 amide bonds. The highest BCUT2D eigenvalue weighted by Gasteiger charge is 2.14. The Morgan fingerprint density at radius 1 is 1.48 bits per heavy atom. The molecule has 110 valence electrons. The molecular weight excluding hydrogens is 326 g/mol. The third-order valence-electron chi connectivity index (χ3n) is 2.72. The Morgan fingerprint density at radius 3 is 2.95 bits per heavy atom. The Hall–Kier alpha value is -1.32. The van der Waals surface area contributed by atoms with Crippen molar-refractivity contribution >= 4 is 40.2 Å². The molecule has 3 nitrogen and oxygen atoms in total. The molecule has 2 aromatic heterocycles. The van der Waals surface area contributed by atoms with Gasteiger partial charge in [-0.15, -0.1) is 22.7 Å². The van der Waals surface area contributed by atoms with E-state index in [1.807, 2.05) is 23.8 Å². The predicted octanol–water partition coefficient (Wildman–Crippen LogP) is 3.44. The summed E-state index contributed by atoms with van der Waals surface area (Å²) in [6.45, 7) is 2.36. The zero-order chi connectivity index (χ0) is 15.2. The summed E-state index contributed by atoms with van der Waals surface area (Å²) in [6.07, 6.45) is 0.450. The molecule has 0 aliphatic rings. The van der Waals surface area contributed by atoms with Gasteiger partial charge in [-0.25, -0.2) is 0 Å². The molecule has 0 aromatic carbocycles. The molecule has 2 N–H and O–H groups in total. The minimum atomic E-state index is -0.166. The van der Waals surface area contributed by atoms with Crippen LogP contribution in [0.3, 0.4) is 0 Å². The van der Waals surface area contributed by atoms with E-state index in [0.717, 1.165) is 16.0 Å². The summed E-state index contributed by atoms with van der Waals surface area (Å²) in [5, 5.41) is 15.9. The highest BCUT2D eigenvalue weighted by molar-refractivity contribution is 7.13. The van der Waals surface area contributed by atoms with Crippen LogP contribution in [0.4, 0.5) is 0 Å². The maximum absolute atomic E-state index is 12.1. The lowest BCUT2D eigenvalue weighted by molar-refractivity contribution is 0.0955. The number of carbonyl (C=O) groups is 1. The molecule has 0 fully saturated rings. The zero-order valence-electron chi connectivity index (χ0n) is 11.4. The van der Waals surface area contributed by atoms with Crippen LogP contribution in [-0.4, -0.2) is 17.6 Å². The molecule has 0 aliphatic heterocycles. The topological polar surface area (TPSA) is 49.3 Å². The highest BCUT2D eigenvalue weighted by atomic mass is 35.5. The number of thiophene rings is 2. The second kappa shape index (κ2) is 7.62. The van der Waals surface area contributed by atoms with Gasteiger partial charge in [0.2, 0.25) is 0 Å². The van der Waals surface area contributed by atoms with Crippen LogP contribution in [0.5, 0.6) is 0 Å². The number of aliphatic hydroxyl groups excluding tert-OH is 1. The van der Waals surface area contributed by atoms with Crippen molar-refractivity contribution in [3.05, 3.63) is 42.7 Å². The van der Waals surface area contributed by atoms with Gasteiger partial charge in [0.05, 0.1) is 18.2 Å². The van der Waals surface area contributed by atoms with Crippen molar-refractivity contribution in [2.45, 2.75) is 19.9 Å². The van der Waals surface area contributed by atoms with E-state index in [0.29, 0.717) is 22.9 Å². The minimum absolute atomic E-state index is 0.0550. The van der Waals surface area contributed by atoms with Gasteiger partial charge in [0.1, 0.15) is 4.88 Å². The van der Waals surface area contributed by atoms with Crippen LogP contribution in [0.15, 0.2) is 16.8 Å². The van der Waals surface area contributed by atoms with E-state index in [1.165, 1.54) is 11.3 Å². The van der Waals surface area contributed by atoms with E-state index >= 15 is 0 Å². The number of hydrogen-bond acceptors (Lipinski definition) is 4. The molecule has 2 aromatic rings. The number of amides is 1. The normalized spacial score (nSPS) is 10.0. The summed E-state index contributed by atoms with van der Waals surface area (Å²) >= 11 is 8.98. The minimum Gasteiger partial charge on any atom is -0.395 e. The second-order valence-electron chi connectivity index (χ2n) is 4.28. The van der Waals surface area contributed by atoms with E-state index < -0.39 is 0 Å². The lowest BCUT2D eigenvalue weighted by Gasteiger charge is -2.03. The van der Waals surface area contributed by atoms with Crippen molar-refractivity contribution in [1.82, 2.24) is 5.32 Å². The average molecular weight is 340 g/mol. The summed E-state index contributed by atoms with van der Waals surface area (Å²) in [5.74, 6) is 5.72. The molecule has 0 unspecified atom stereocenters. The second-order valence-corrected chi connectivity index (χ2v) is 6.54. The maximum atomic E-state index is 12.1. The molecule has 2 rings (SSSR count).